The first-order valence-corrected chi connectivity index (χ1v) is 9.24. The van der Waals surface area contributed by atoms with Crippen LogP contribution in [-0.4, -0.2) is 28.5 Å². The number of likely N-dealkylation sites (N-methyl/N-ethyl adjacent to an activating group) is 1. The zero-order valence-corrected chi connectivity index (χ0v) is 15.8. The normalized spacial score (nSPS) is 11.4. The fourth-order valence-corrected chi connectivity index (χ4v) is 3.10. The zero-order valence-electron chi connectivity index (χ0n) is 15.0. The van der Waals surface area contributed by atoms with Gasteiger partial charge in [0.15, 0.2) is 11.5 Å². The predicted molar refractivity (Wildman–Crippen MR) is 99.6 cm³/mol. The van der Waals surface area contributed by atoms with E-state index in [9.17, 15) is 13.2 Å². The summed E-state index contributed by atoms with van der Waals surface area (Å²) in [5.74, 6) is -0.388. The van der Waals surface area contributed by atoms with E-state index in [4.69, 9.17) is 14.2 Å². The first-order chi connectivity index (χ1) is 12.8. The zero-order chi connectivity index (χ0) is 20.0. The molecule has 0 radical (unpaired) electrons. The molecule has 2 rings (SSSR count). The van der Waals surface area contributed by atoms with Gasteiger partial charge in [-0.3, -0.25) is 4.79 Å². The van der Waals surface area contributed by atoms with Crippen molar-refractivity contribution in [3.63, 3.8) is 0 Å². The smallest absolute Gasteiger partial charge is 0.339 e. The number of amides is 1. The highest BCUT2D eigenvalue weighted by atomic mass is 32.2. The Bertz CT molecular complexity index is 1020. The van der Waals surface area contributed by atoms with Crippen LogP contribution in [0.2, 0.25) is 0 Å². The molecule has 140 valence electrons. The van der Waals surface area contributed by atoms with Crippen molar-refractivity contribution in [2.24, 2.45) is 0 Å². The van der Waals surface area contributed by atoms with Gasteiger partial charge in [-0.1, -0.05) is 23.8 Å². The third-order valence-electron chi connectivity index (χ3n) is 3.60. The minimum absolute atomic E-state index is 0.00586. The third kappa shape index (κ3) is 4.86. The largest absolute Gasteiger partial charge is 0.493 e. The highest BCUT2D eigenvalue weighted by Gasteiger charge is 2.19. The average Bonchev–Trinajstić information content (AvgIpc) is 2.66. The van der Waals surface area contributed by atoms with Crippen molar-refractivity contribution < 1.29 is 22.1 Å². The van der Waals surface area contributed by atoms with Crippen molar-refractivity contribution in [1.29, 1.82) is 5.26 Å². The summed E-state index contributed by atoms with van der Waals surface area (Å²) in [6, 6.07) is 12.4. The molecule has 0 saturated carbocycles. The van der Waals surface area contributed by atoms with Gasteiger partial charge in [-0.05, 0) is 42.8 Å². The van der Waals surface area contributed by atoms with Gasteiger partial charge in [0.25, 0.3) is 5.91 Å². The lowest BCUT2D eigenvalue weighted by Crippen LogP contribution is -2.19. The molecule has 0 fully saturated rings. The molecule has 7 nitrogen and oxygen atoms in total. The Morgan fingerprint density at radius 1 is 1.15 bits per heavy atom. The molecule has 0 atom stereocenters. The van der Waals surface area contributed by atoms with Crippen LogP contribution >= 0.6 is 0 Å². The van der Waals surface area contributed by atoms with Gasteiger partial charge >= 0.3 is 10.1 Å². The molecule has 2 aromatic rings. The van der Waals surface area contributed by atoms with Gasteiger partial charge in [0.2, 0.25) is 0 Å². The number of rotatable bonds is 6. The van der Waals surface area contributed by atoms with Gasteiger partial charge in [-0.15, -0.1) is 0 Å². The van der Waals surface area contributed by atoms with E-state index in [1.165, 1.54) is 50.6 Å². The molecule has 0 aromatic heterocycles. The van der Waals surface area contributed by atoms with Gasteiger partial charge < -0.3 is 14.2 Å². The summed E-state index contributed by atoms with van der Waals surface area (Å²) < 4.78 is 35.2. The fraction of sp³-hybridized carbons (Fsp3) is 0.158. The van der Waals surface area contributed by atoms with Gasteiger partial charge in [0.1, 0.15) is 16.5 Å². The topological polar surface area (TPSA) is 105 Å². The molecule has 0 aliphatic heterocycles. The average molecular weight is 386 g/mol. The molecule has 0 spiro atoms. The summed E-state index contributed by atoms with van der Waals surface area (Å²) in [4.78, 5) is 11.6. The third-order valence-corrected chi connectivity index (χ3v) is 4.85. The second kappa shape index (κ2) is 8.38. The number of ether oxygens (including phenoxy) is 1. The maximum Gasteiger partial charge on any atom is 0.339 e. The maximum atomic E-state index is 12.4. The van der Waals surface area contributed by atoms with Gasteiger partial charge in [0.05, 0.1) is 7.11 Å². The number of carbonyl (C=O) groups is 1. The van der Waals surface area contributed by atoms with Crippen molar-refractivity contribution in [2.75, 3.05) is 14.2 Å². The van der Waals surface area contributed by atoms with E-state index in [-0.39, 0.29) is 22.0 Å². The van der Waals surface area contributed by atoms with E-state index in [1.54, 1.807) is 18.2 Å². The molecule has 0 saturated heterocycles. The Balaban J connectivity index is 2.37. The van der Waals surface area contributed by atoms with Gasteiger partial charge in [-0.25, -0.2) is 0 Å². The predicted octanol–water partition coefficient (Wildman–Crippen LogP) is 2.42. The van der Waals surface area contributed by atoms with Crippen LogP contribution in [0.25, 0.3) is 6.08 Å². The number of aryl methyl sites for hydroxylation is 1. The van der Waals surface area contributed by atoms with Crippen LogP contribution in [0, 0.1) is 18.3 Å². The minimum Gasteiger partial charge on any atom is -0.493 e. The standard InChI is InChI=1S/C19H18N2O5S/c1-13-4-7-16(8-5-13)27(23,24)26-17-9-6-14(11-18(17)25-3)10-15(12-20)19(22)21-2/h4-11H,1-3H3,(H,21,22)/b15-10+. The first-order valence-electron chi connectivity index (χ1n) is 7.84. The lowest BCUT2D eigenvalue weighted by molar-refractivity contribution is -0.116. The fourth-order valence-electron chi connectivity index (χ4n) is 2.16. The van der Waals surface area contributed by atoms with Crippen molar-refractivity contribution in [2.45, 2.75) is 11.8 Å². The second-order valence-electron chi connectivity index (χ2n) is 5.51. The molecule has 0 unspecified atom stereocenters. The Labute approximate surface area is 158 Å². The molecule has 0 heterocycles. The van der Waals surface area contributed by atoms with Gasteiger partial charge in [-0.2, -0.15) is 13.7 Å². The van der Waals surface area contributed by atoms with E-state index >= 15 is 0 Å². The summed E-state index contributed by atoms with van der Waals surface area (Å²) in [5, 5.41) is 11.4. The number of nitriles is 1. The molecule has 27 heavy (non-hydrogen) atoms. The lowest BCUT2D eigenvalue weighted by Gasteiger charge is -2.11. The summed E-state index contributed by atoms with van der Waals surface area (Å²) in [5.41, 5.74) is 1.31. The van der Waals surface area contributed by atoms with Crippen LogP contribution in [0.3, 0.4) is 0 Å². The van der Waals surface area contributed by atoms with Crippen molar-refractivity contribution >= 4 is 22.1 Å². The Morgan fingerprint density at radius 3 is 2.37 bits per heavy atom. The Hall–Kier alpha value is -3.31. The highest BCUT2D eigenvalue weighted by Crippen LogP contribution is 2.31. The molecular formula is C19H18N2O5S. The highest BCUT2D eigenvalue weighted by molar-refractivity contribution is 7.87. The second-order valence-corrected chi connectivity index (χ2v) is 7.06. The van der Waals surface area contributed by atoms with Crippen LogP contribution < -0.4 is 14.2 Å². The van der Waals surface area contributed by atoms with Crippen LogP contribution in [0.4, 0.5) is 0 Å². The number of hydrogen-bond donors (Lipinski definition) is 1. The van der Waals surface area contributed by atoms with Crippen LogP contribution in [-0.2, 0) is 14.9 Å². The van der Waals surface area contributed by atoms with Crippen molar-refractivity contribution in [3.8, 4) is 17.6 Å². The SMILES string of the molecule is CNC(=O)/C(C#N)=C/c1ccc(OS(=O)(=O)c2ccc(C)cc2)c(OC)c1. The Morgan fingerprint density at radius 2 is 1.81 bits per heavy atom. The molecule has 2 aromatic carbocycles. The van der Waals surface area contributed by atoms with Crippen LogP contribution in [0.15, 0.2) is 52.9 Å². The molecule has 0 aliphatic rings. The van der Waals surface area contributed by atoms with Crippen molar-refractivity contribution in [3.05, 3.63) is 59.2 Å². The van der Waals surface area contributed by atoms with Gasteiger partial charge in [0, 0.05) is 7.05 Å². The summed E-state index contributed by atoms with van der Waals surface area (Å²) >= 11 is 0. The molecule has 8 heteroatoms. The maximum absolute atomic E-state index is 12.4. The summed E-state index contributed by atoms with van der Waals surface area (Å²) in [6.07, 6.45) is 1.36. The molecule has 1 amide bonds. The number of methoxy groups -OCH3 is 1. The first kappa shape index (κ1) is 20.0. The Kier molecular flexibility index (Phi) is 6.21. The van der Waals surface area contributed by atoms with E-state index in [0.717, 1.165) is 5.56 Å². The van der Waals surface area contributed by atoms with Crippen LogP contribution in [0.1, 0.15) is 11.1 Å². The number of benzene rings is 2. The number of hydrogen-bond acceptors (Lipinski definition) is 6. The number of carbonyl (C=O) groups excluding carboxylic acids is 1. The molecule has 0 bridgehead atoms. The molecular weight excluding hydrogens is 368 g/mol. The summed E-state index contributed by atoms with van der Waals surface area (Å²) in [6.45, 7) is 1.85. The lowest BCUT2D eigenvalue weighted by atomic mass is 10.1. The summed E-state index contributed by atoms with van der Waals surface area (Å²) in [7, 11) is -1.26. The quantitative estimate of drug-likeness (QED) is 0.464. The monoisotopic (exact) mass is 386 g/mol. The van der Waals surface area contributed by atoms with Crippen LogP contribution in [0.5, 0.6) is 11.5 Å². The minimum atomic E-state index is -4.03. The number of nitrogens with one attached hydrogen (secondary N) is 1. The van der Waals surface area contributed by atoms with E-state index < -0.39 is 16.0 Å². The number of nitrogens with zero attached hydrogens (tertiary/aromatic N) is 1. The van der Waals surface area contributed by atoms with E-state index in [1.807, 2.05) is 6.92 Å². The molecule has 1 N–H and O–H groups in total. The van der Waals surface area contributed by atoms with E-state index in [2.05, 4.69) is 5.32 Å². The molecule has 0 aliphatic carbocycles. The van der Waals surface area contributed by atoms with E-state index in [0.29, 0.717) is 5.56 Å². The van der Waals surface area contributed by atoms with Crippen molar-refractivity contribution in [1.82, 2.24) is 5.32 Å².